The van der Waals surface area contributed by atoms with Crippen molar-refractivity contribution in [2.24, 2.45) is 5.92 Å². The summed E-state index contributed by atoms with van der Waals surface area (Å²) in [5.41, 5.74) is 3.03. The first-order chi connectivity index (χ1) is 12.7. The van der Waals surface area contributed by atoms with Gasteiger partial charge in [-0.05, 0) is 44.2 Å². The van der Waals surface area contributed by atoms with Gasteiger partial charge in [-0.3, -0.25) is 4.79 Å². The fraction of sp³-hybridized carbons (Fsp3) is 0.571. The molecule has 0 spiro atoms. The van der Waals surface area contributed by atoms with Crippen molar-refractivity contribution in [2.45, 2.75) is 71.3 Å². The molecule has 2 heterocycles. The van der Waals surface area contributed by atoms with Crippen LogP contribution in [0.4, 0.5) is 5.69 Å². The van der Waals surface area contributed by atoms with Crippen molar-refractivity contribution < 1.29 is 4.79 Å². The normalized spacial score (nSPS) is 18.2. The van der Waals surface area contributed by atoms with Gasteiger partial charge in [0.25, 0.3) is 0 Å². The standard InChI is InChI=1S/C21H28N4O/c1-15-11-12-17(20-24-23-19-10-6-3-7-13-25(19)20)14-18(15)22-21(26)16-8-4-2-5-9-16/h11-12,14,16H,2-10,13H2,1H3,(H,22,26). The topological polar surface area (TPSA) is 59.8 Å². The molecule has 1 N–H and O–H groups in total. The molecule has 0 saturated heterocycles. The third-order valence-electron chi connectivity index (χ3n) is 5.84. The number of rotatable bonds is 3. The molecule has 1 fully saturated rings. The van der Waals surface area contributed by atoms with Crippen LogP contribution < -0.4 is 5.32 Å². The minimum atomic E-state index is 0.163. The first-order valence-corrected chi connectivity index (χ1v) is 10.1. The summed E-state index contributed by atoms with van der Waals surface area (Å²) < 4.78 is 2.25. The summed E-state index contributed by atoms with van der Waals surface area (Å²) in [5, 5.41) is 12.0. The fourth-order valence-electron chi connectivity index (χ4n) is 4.19. The van der Waals surface area contributed by atoms with E-state index in [-0.39, 0.29) is 11.8 Å². The van der Waals surface area contributed by atoms with Gasteiger partial charge in [-0.2, -0.15) is 0 Å². The number of nitrogens with one attached hydrogen (secondary N) is 1. The maximum absolute atomic E-state index is 12.7. The molecule has 5 heteroatoms. The van der Waals surface area contributed by atoms with Gasteiger partial charge in [0.05, 0.1) is 0 Å². The van der Waals surface area contributed by atoms with Gasteiger partial charge < -0.3 is 9.88 Å². The Balaban J connectivity index is 1.58. The summed E-state index contributed by atoms with van der Waals surface area (Å²) in [6.07, 6.45) is 10.3. The Morgan fingerprint density at radius 3 is 2.73 bits per heavy atom. The molecule has 1 aliphatic heterocycles. The van der Waals surface area contributed by atoms with E-state index in [4.69, 9.17) is 0 Å². The molecule has 1 saturated carbocycles. The Labute approximate surface area is 155 Å². The van der Waals surface area contributed by atoms with E-state index in [1.54, 1.807) is 0 Å². The minimum absolute atomic E-state index is 0.163. The minimum Gasteiger partial charge on any atom is -0.326 e. The largest absolute Gasteiger partial charge is 0.326 e. The van der Waals surface area contributed by atoms with E-state index in [1.807, 2.05) is 6.92 Å². The average molecular weight is 352 g/mol. The highest BCUT2D eigenvalue weighted by Gasteiger charge is 2.22. The Bertz CT molecular complexity index is 789. The molecule has 0 bridgehead atoms. The second kappa shape index (κ2) is 7.60. The van der Waals surface area contributed by atoms with E-state index in [2.05, 4.69) is 38.3 Å². The van der Waals surface area contributed by atoms with Gasteiger partial charge in [0, 0.05) is 30.1 Å². The highest BCUT2D eigenvalue weighted by molar-refractivity contribution is 5.94. The predicted molar refractivity (Wildman–Crippen MR) is 103 cm³/mol. The SMILES string of the molecule is Cc1ccc(-c2nnc3n2CCCCC3)cc1NC(=O)C1CCCCC1. The molecule has 0 unspecified atom stereocenters. The number of nitrogens with zero attached hydrogens (tertiary/aromatic N) is 3. The maximum atomic E-state index is 12.7. The summed E-state index contributed by atoms with van der Waals surface area (Å²) in [6, 6.07) is 6.23. The number of aryl methyl sites for hydroxylation is 2. The number of amides is 1. The maximum Gasteiger partial charge on any atom is 0.227 e. The molecule has 0 atom stereocenters. The van der Waals surface area contributed by atoms with E-state index in [9.17, 15) is 4.79 Å². The third-order valence-corrected chi connectivity index (χ3v) is 5.84. The zero-order valence-corrected chi connectivity index (χ0v) is 15.6. The number of carbonyl (C=O) groups excluding carboxylic acids is 1. The number of carbonyl (C=O) groups is 1. The van der Waals surface area contributed by atoms with E-state index in [0.29, 0.717) is 0 Å². The van der Waals surface area contributed by atoms with Gasteiger partial charge in [-0.25, -0.2) is 0 Å². The van der Waals surface area contributed by atoms with Crippen LogP contribution in [0.3, 0.4) is 0 Å². The van der Waals surface area contributed by atoms with Crippen LogP contribution in [0, 0.1) is 12.8 Å². The highest BCUT2D eigenvalue weighted by Crippen LogP contribution is 2.29. The smallest absolute Gasteiger partial charge is 0.227 e. The summed E-state index contributed by atoms with van der Waals surface area (Å²) in [4.78, 5) is 12.7. The van der Waals surface area contributed by atoms with E-state index in [0.717, 1.165) is 54.3 Å². The van der Waals surface area contributed by atoms with Crippen molar-refractivity contribution in [3.8, 4) is 11.4 Å². The summed E-state index contributed by atoms with van der Waals surface area (Å²) in [5.74, 6) is 2.35. The van der Waals surface area contributed by atoms with Crippen LogP contribution in [0.5, 0.6) is 0 Å². The van der Waals surface area contributed by atoms with Crippen LogP contribution in [0.2, 0.25) is 0 Å². The monoisotopic (exact) mass is 352 g/mol. The first kappa shape index (κ1) is 17.3. The lowest BCUT2D eigenvalue weighted by atomic mass is 9.88. The number of aromatic nitrogens is 3. The molecule has 2 aromatic rings. The molecule has 1 aromatic carbocycles. The molecule has 1 amide bonds. The second-order valence-corrected chi connectivity index (χ2v) is 7.76. The Morgan fingerprint density at radius 1 is 1.08 bits per heavy atom. The van der Waals surface area contributed by atoms with Crippen LogP contribution in [0.15, 0.2) is 18.2 Å². The molecule has 1 aromatic heterocycles. The summed E-state index contributed by atoms with van der Waals surface area (Å²) in [7, 11) is 0. The van der Waals surface area contributed by atoms with Crippen LogP contribution in [0.25, 0.3) is 11.4 Å². The molecular weight excluding hydrogens is 324 g/mol. The zero-order chi connectivity index (χ0) is 17.9. The predicted octanol–water partition coefficient (Wildman–Crippen LogP) is 4.50. The third kappa shape index (κ3) is 3.53. The number of hydrogen-bond acceptors (Lipinski definition) is 3. The number of anilines is 1. The van der Waals surface area contributed by atoms with E-state index in [1.165, 1.54) is 38.5 Å². The fourth-order valence-corrected chi connectivity index (χ4v) is 4.19. The molecule has 5 nitrogen and oxygen atoms in total. The second-order valence-electron chi connectivity index (χ2n) is 7.76. The Morgan fingerprint density at radius 2 is 1.88 bits per heavy atom. The lowest BCUT2D eigenvalue weighted by molar-refractivity contribution is -0.120. The van der Waals surface area contributed by atoms with Gasteiger partial charge in [0.1, 0.15) is 5.82 Å². The molecule has 0 radical (unpaired) electrons. The first-order valence-electron chi connectivity index (χ1n) is 10.1. The number of fused-ring (bicyclic) bond motifs is 1. The van der Waals surface area contributed by atoms with Gasteiger partial charge in [-0.1, -0.05) is 37.8 Å². The number of benzene rings is 1. The lowest BCUT2D eigenvalue weighted by Crippen LogP contribution is -2.25. The van der Waals surface area contributed by atoms with Crippen molar-refractivity contribution in [1.82, 2.24) is 14.8 Å². The van der Waals surface area contributed by atoms with Gasteiger partial charge in [0.15, 0.2) is 5.82 Å². The van der Waals surface area contributed by atoms with Crippen molar-refractivity contribution in [2.75, 3.05) is 5.32 Å². The zero-order valence-electron chi connectivity index (χ0n) is 15.6. The van der Waals surface area contributed by atoms with Gasteiger partial charge in [0.2, 0.25) is 5.91 Å². The van der Waals surface area contributed by atoms with Gasteiger partial charge in [-0.15, -0.1) is 10.2 Å². The number of hydrogen-bond donors (Lipinski definition) is 1. The molecule has 2 aliphatic rings. The van der Waals surface area contributed by atoms with Crippen LogP contribution in [0.1, 0.15) is 62.8 Å². The molecule has 4 rings (SSSR count). The van der Waals surface area contributed by atoms with Gasteiger partial charge >= 0.3 is 0 Å². The van der Waals surface area contributed by atoms with Crippen molar-refractivity contribution in [3.05, 3.63) is 29.6 Å². The van der Waals surface area contributed by atoms with Crippen molar-refractivity contribution in [3.63, 3.8) is 0 Å². The van der Waals surface area contributed by atoms with Crippen LogP contribution in [-0.4, -0.2) is 20.7 Å². The van der Waals surface area contributed by atoms with Crippen molar-refractivity contribution >= 4 is 11.6 Å². The molecule has 1 aliphatic carbocycles. The quantitative estimate of drug-likeness (QED) is 0.885. The lowest BCUT2D eigenvalue weighted by Gasteiger charge is -2.21. The molecule has 138 valence electrons. The van der Waals surface area contributed by atoms with Crippen LogP contribution >= 0.6 is 0 Å². The highest BCUT2D eigenvalue weighted by atomic mass is 16.1. The summed E-state index contributed by atoms with van der Waals surface area (Å²) in [6.45, 7) is 3.03. The molecular formula is C21H28N4O. The molecule has 26 heavy (non-hydrogen) atoms. The van der Waals surface area contributed by atoms with E-state index < -0.39 is 0 Å². The van der Waals surface area contributed by atoms with Crippen molar-refractivity contribution in [1.29, 1.82) is 0 Å². The Kier molecular flexibility index (Phi) is 5.05. The Hall–Kier alpha value is -2.17. The van der Waals surface area contributed by atoms with Crippen LogP contribution in [-0.2, 0) is 17.8 Å². The average Bonchev–Trinajstić information content (AvgIpc) is 2.92. The van der Waals surface area contributed by atoms with E-state index >= 15 is 0 Å². The summed E-state index contributed by atoms with van der Waals surface area (Å²) >= 11 is 0.